The van der Waals surface area contributed by atoms with Crippen LogP contribution in [0.5, 0.6) is 0 Å². The third kappa shape index (κ3) is 3.95. The topological polar surface area (TPSA) is 85.8 Å². The Labute approximate surface area is 119 Å². The van der Waals surface area contributed by atoms with Crippen molar-refractivity contribution in [3.8, 4) is 6.07 Å². The molecule has 0 unspecified atom stereocenters. The van der Waals surface area contributed by atoms with E-state index in [1.807, 2.05) is 19.9 Å². The summed E-state index contributed by atoms with van der Waals surface area (Å²) in [4.78, 5) is 26.0. The van der Waals surface area contributed by atoms with Gasteiger partial charge in [-0.3, -0.25) is 9.59 Å². The van der Waals surface area contributed by atoms with Crippen LogP contribution in [0.25, 0.3) is 0 Å². The second-order valence-electron chi connectivity index (χ2n) is 5.37. The predicted octanol–water partition coefficient (Wildman–Crippen LogP) is 1.57. The molecule has 108 valence electrons. The molecule has 20 heavy (non-hydrogen) atoms. The van der Waals surface area contributed by atoms with Crippen LogP contribution in [0.4, 0.5) is 0 Å². The minimum Gasteiger partial charge on any atom is -0.356 e. The molecule has 1 rings (SSSR count). The first-order valence-corrected chi connectivity index (χ1v) is 6.76. The fourth-order valence-electron chi connectivity index (χ4n) is 2.07. The lowest BCUT2D eigenvalue weighted by atomic mass is 9.99. The SMILES string of the molecule is Cc1[nH]c(=O)c(C#N)c(C)c1CCC(=O)NCC(C)C. The monoisotopic (exact) mass is 275 g/mol. The highest BCUT2D eigenvalue weighted by Gasteiger charge is 2.13. The van der Waals surface area contributed by atoms with Crippen molar-refractivity contribution < 1.29 is 4.79 Å². The third-order valence-electron chi connectivity index (χ3n) is 3.23. The van der Waals surface area contributed by atoms with Crippen molar-refractivity contribution in [2.24, 2.45) is 5.92 Å². The summed E-state index contributed by atoms with van der Waals surface area (Å²) < 4.78 is 0. The molecule has 1 heterocycles. The number of nitrogens with one attached hydrogen (secondary N) is 2. The molecule has 0 aliphatic carbocycles. The number of nitrogens with zero attached hydrogens (tertiary/aromatic N) is 1. The number of aromatic amines is 1. The summed E-state index contributed by atoms with van der Waals surface area (Å²) in [5, 5.41) is 11.8. The first-order chi connectivity index (χ1) is 9.36. The minimum absolute atomic E-state index is 0.0118. The van der Waals surface area contributed by atoms with E-state index in [0.29, 0.717) is 30.9 Å². The number of hydrogen-bond acceptors (Lipinski definition) is 3. The first kappa shape index (κ1) is 16.0. The summed E-state index contributed by atoms with van der Waals surface area (Å²) in [7, 11) is 0. The number of carbonyl (C=O) groups excluding carboxylic acids is 1. The zero-order valence-electron chi connectivity index (χ0n) is 12.5. The van der Waals surface area contributed by atoms with E-state index < -0.39 is 0 Å². The Morgan fingerprint density at radius 3 is 2.60 bits per heavy atom. The van der Waals surface area contributed by atoms with E-state index in [-0.39, 0.29) is 17.0 Å². The van der Waals surface area contributed by atoms with Crippen LogP contribution in [0, 0.1) is 31.1 Å². The van der Waals surface area contributed by atoms with Gasteiger partial charge in [0.1, 0.15) is 11.6 Å². The molecule has 0 atom stereocenters. The number of aromatic nitrogens is 1. The van der Waals surface area contributed by atoms with Crippen molar-refractivity contribution in [1.82, 2.24) is 10.3 Å². The smallest absolute Gasteiger partial charge is 0.266 e. The quantitative estimate of drug-likeness (QED) is 0.855. The highest BCUT2D eigenvalue weighted by atomic mass is 16.1. The van der Waals surface area contributed by atoms with E-state index in [2.05, 4.69) is 10.3 Å². The molecule has 5 heteroatoms. The summed E-state index contributed by atoms with van der Waals surface area (Å²) in [5.41, 5.74) is 2.04. The van der Waals surface area contributed by atoms with Gasteiger partial charge in [-0.05, 0) is 37.3 Å². The predicted molar refractivity (Wildman–Crippen MR) is 77.4 cm³/mol. The summed E-state index contributed by atoms with van der Waals surface area (Å²) in [5.74, 6) is 0.405. The third-order valence-corrected chi connectivity index (χ3v) is 3.23. The molecular formula is C15H21N3O2. The second kappa shape index (κ2) is 6.90. The van der Waals surface area contributed by atoms with Gasteiger partial charge in [-0.1, -0.05) is 13.8 Å². The van der Waals surface area contributed by atoms with Gasteiger partial charge < -0.3 is 10.3 Å². The number of aryl methyl sites for hydroxylation is 1. The van der Waals surface area contributed by atoms with Gasteiger partial charge in [0.05, 0.1) is 0 Å². The van der Waals surface area contributed by atoms with Crippen LogP contribution in [0.15, 0.2) is 4.79 Å². The van der Waals surface area contributed by atoms with Gasteiger partial charge in [-0.2, -0.15) is 5.26 Å². The van der Waals surface area contributed by atoms with Crippen LogP contribution in [0.2, 0.25) is 0 Å². The summed E-state index contributed by atoms with van der Waals surface area (Å²) in [6.45, 7) is 8.27. The van der Waals surface area contributed by atoms with Crippen LogP contribution in [0.3, 0.4) is 0 Å². The highest BCUT2D eigenvalue weighted by molar-refractivity contribution is 5.76. The van der Waals surface area contributed by atoms with E-state index in [1.165, 1.54) is 0 Å². The number of pyridine rings is 1. The first-order valence-electron chi connectivity index (χ1n) is 6.76. The van der Waals surface area contributed by atoms with E-state index in [0.717, 1.165) is 11.3 Å². The van der Waals surface area contributed by atoms with Gasteiger partial charge in [0.2, 0.25) is 5.91 Å². The maximum atomic E-state index is 11.7. The van der Waals surface area contributed by atoms with Gasteiger partial charge in [0.25, 0.3) is 5.56 Å². The van der Waals surface area contributed by atoms with E-state index in [4.69, 9.17) is 5.26 Å². The summed E-state index contributed by atoms with van der Waals surface area (Å²) >= 11 is 0. The van der Waals surface area contributed by atoms with Crippen LogP contribution >= 0.6 is 0 Å². The zero-order valence-corrected chi connectivity index (χ0v) is 12.5. The molecule has 0 aromatic carbocycles. The lowest BCUT2D eigenvalue weighted by molar-refractivity contribution is -0.121. The number of nitriles is 1. The van der Waals surface area contributed by atoms with Crippen molar-refractivity contribution in [1.29, 1.82) is 5.26 Å². The Hall–Kier alpha value is -2.09. The lowest BCUT2D eigenvalue weighted by Crippen LogP contribution is -2.27. The molecule has 0 bridgehead atoms. The normalized spacial score (nSPS) is 10.4. The van der Waals surface area contributed by atoms with Crippen molar-refractivity contribution in [3.05, 3.63) is 32.7 Å². The van der Waals surface area contributed by atoms with Crippen LogP contribution in [0.1, 0.15) is 42.7 Å². The minimum atomic E-state index is -0.365. The molecule has 0 aliphatic heterocycles. The Morgan fingerprint density at radius 1 is 1.40 bits per heavy atom. The molecule has 0 saturated carbocycles. The Bertz CT molecular complexity index is 594. The van der Waals surface area contributed by atoms with E-state index in [1.54, 1.807) is 13.8 Å². The van der Waals surface area contributed by atoms with Crippen LogP contribution in [-0.4, -0.2) is 17.4 Å². The number of hydrogen-bond donors (Lipinski definition) is 2. The summed E-state index contributed by atoms with van der Waals surface area (Å²) in [6.07, 6.45) is 0.873. The maximum absolute atomic E-state index is 11.7. The molecule has 5 nitrogen and oxygen atoms in total. The van der Waals surface area contributed by atoms with Gasteiger partial charge in [0.15, 0.2) is 0 Å². The Morgan fingerprint density at radius 2 is 2.05 bits per heavy atom. The van der Waals surface area contributed by atoms with E-state index >= 15 is 0 Å². The fourth-order valence-corrected chi connectivity index (χ4v) is 2.07. The highest BCUT2D eigenvalue weighted by Crippen LogP contribution is 2.14. The van der Waals surface area contributed by atoms with Crippen LogP contribution < -0.4 is 10.9 Å². The molecule has 0 aliphatic rings. The van der Waals surface area contributed by atoms with E-state index in [9.17, 15) is 9.59 Å². The second-order valence-corrected chi connectivity index (χ2v) is 5.37. The zero-order chi connectivity index (χ0) is 15.3. The van der Waals surface area contributed by atoms with Crippen molar-refractivity contribution >= 4 is 5.91 Å². The molecule has 1 amide bonds. The van der Waals surface area contributed by atoms with Gasteiger partial charge in [0, 0.05) is 18.7 Å². The number of amides is 1. The van der Waals surface area contributed by atoms with Gasteiger partial charge in [-0.25, -0.2) is 0 Å². The molecule has 2 N–H and O–H groups in total. The van der Waals surface area contributed by atoms with Crippen molar-refractivity contribution in [2.45, 2.75) is 40.5 Å². The van der Waals surface area contributed by atoms with Crippen LogP contribution in [-0.2, 0) is 11.2 Å². The van der Waals surface area contributed by atoms with Gasteiger partial charge in [-0.15, -0.1) is 0 Å². The largest absolute Gasteiger partial charge is 0.356 e. The molecule has 0 radical (unpaired) electrons. The molecule has 0 saturated heterocycles. The standard InChI is InChI=1S/C15H21N3O2/c1-9(2)8-17-14(19)6-5-12-10(3)13(7-16)15(20)18-11(12)4/h9H,5-6,8H2,1-4H3,(H,17,19)(H,18,20). The maximum Gasteiger partial charge on any atom is 0.266 e. The number of rotatable bonds is 5. The average Bonchev–Trinajstić information content (AvgIpc) is 2.36. The lowest BCUT2D eigenvalue weighted by Gasteiger charge is -2.11. The number of carbonyl (C=O) groups is 1. The Balaban J connectivity index is 2.82. The average molecular weight is 275 g/mol. The molecule has 1 aromatic rings. The summed E-state index contributed by atoms with van der Waals surface area (Å²) in [6, 6.07) is 1.91. The number of H-pyrrole nitrogens is 1. The van der Waals surface area contributed by atoms with Crippen molar-refractivity contribution in [2.75, 3.05) is 6.54 Å². The van der Waals surface area contributed by atoms with Gasteiger partial charge >= 0.3 is 0 Å². The molecule has 0 fully saturated rings. The Kier molecular flexibility index (Phi) is 5.51. The van der Waals surface area contributed by atoms with Crippen molar-refractivity contribution in [3.63, 3.8) is 0 Å². The molecule has 1 aromatic heterocycles. The molecule has 0 spiro atoms. The molecular weight excluding hydrogens is 254 g/mol. The fraction of sp³-hybridized carbons (Fsp3) is 0.533.